The summed E-state index contributed by atoms with van der Waals surface area (Å²) in [6, 6.07) is 5.53. The number of hydrogen-bond acceptors (Lipinski definition) is 5. The summed E-state index contributed by atoms with van der Waals surface area (Å²) in [4.78, 5) is 44.9. The van der Waals surface area contributed by atoms with Gasteiger partial charge in [-0.1, -0.05) is 57.1 Å². The first-order valence-corrected chi connectivity index (χ1v) is 13.2. The van der Waals surface area contributed by atoms with Crippen molar-refractivity contribution < 1.29 is 14.4 Å². The predicted molar refractivity (Wildman–Crippen MR) is 142 cm³/mol. The van der Waals surface area contributed by atoms with E-state index in [9.17, 15) is 14.4 Å². The standard InChI is InChI=1S/C27H41N7O3/c1-7-27(14-10-12-18-11-8-9-13-20(18)27)31-24(36)21-15-19(32-33-28)16-34(21)25(37)22(26(3,4)5)30-23(35)17(2)29-6/h8-9,11,13,17,19,21-22,29H,7,10,12,14-16H2,1-6H3,(H,30,35)(H,31,36)/t17-,19-,21-,22+,27+/m0/s1. The highest BCUT2D eigenvalue weighted by Gasteiger charge is 2.47. The summed E-state index contributed by atoms with van der Waals surface area (Å²) < 4.78 is 0. The molecule has 37 heavy (non-hydrogen) atoms. The van der Waals surface area contributed by atoms with E-state index in [1.165, 1.54) is 10.5 Å². The Hall–Kier alpha value is -3.10. The van der Waals surface area contributed by atoms with Crippen molar-refractivity contribution in [3.8, 4) is 0 Å². The van der Waals surface area contributed by atoms with Gasteiger partial charge in [0.2, 0.25) is 17.7 Å². The molecule has 10 heteroatoms. The molecule has 2 aliphatic rings. The van der Waals surface area contributed by atoms with E-state index in [1.54, 1.807) is 14.0 Å². The van der Waals surface area contributed by atoms with Crippen molar-refractivity contribution in [3.05, 3.63) is 45.8 Å². The Balaban J connectivity index is 1.92. The van der Waals surface area contributed by atoms with Gasteiger partial charge in [-0.2, -0.15) is 0 Å². The molecule has 0 unspecified atom stereocenters. The molecule has 1 aliphatic heterocycles. The lowest BCUT2D eigenvalue weighted by Crippen LogP contribution is -2.60. The van der Waals surface area contributed by atoms with Crippen LogP contribution in [0.1, 0.15) is 71.4 Å². The maximum Gasteiger partial charge on any atom is 0.246 e. The number of carbonyl (C=O) groups is 3. The highest BCUT2D eigenvalue weighted by Crippen LogP contribution is 2.38. The highest BCUT2D eigenvalue weighted by atomic mass is 16.2. The first-order valence-electron chi connectivity index (χ1n) is 13.2. The molecule has 1 aliphatic carbocycles. The van der Waals surface area contributed by atoms with E-state index in [4.69, 9.17) is 5.53 Å². The molecular weight excluding hydrogens is 470 g/mol. The van der Waals surface area contributed by atoms with Gasteiger partial charge in [-0.15, -0.1) is 0 Å². The third-order valence-electron chi connectivity index (χ3n) is 7.85. The van der Waals surface area contributed by atoms with Crippen molar-refractivity contribution >= 4 is 17.7 Å². The predicted octanol–water partition coefficient (Wildman–Crippen LogP) is 3.16. The largest absolute Gasteiger partial charge is 0.345 e. The van der Waals surface area contributed by atoms with Crippen LogP contribution in [0.4, 0.5) is 0 Å². The van der Waals surface area contributed by atoms with Crippen LogP contribution in [-0.4, -0.2) is 60.4 Å². The molecule has 3 rings (SSSR count). The molecule has 1 saturated heterocycles. The molecule has 0 radical (unpaired) electrons. The second kappa shape index (κ2) is 11.5. The zero-order valence-electron chi connectivity index (χ0n) is 22.9. The van der Waals surface area contributed by atoms with E-state index in [1.807, 2.05) is 32.9 Å². The van der Waals surface area contributed by atoms with Gasteiger partial charge in [0.15, 0.2) is 0 Å². The van der Waals surface area contributed by atoms with Gasteiger partial charge < -0.3 is 20.9 Å². The van der Waals surface area contributed by atoms with Gasteiger partial charge in [0.25, 0.3) is 0 Å². The normalized spacial score (nSPS) is 24.9. The number of rotatable bonds is 8. The quantitative estimate of drug-likeness (QED) is 0.280. The highest BCUT2D eigenvalue weighted by molar-refractivity contribution is 5.94. The summed E-state index contributed by atoms with van der Waals surface area (Å²) in [6.45, 7) is 9.54. The number of azide groups is 1. The fraction of sp³-hybridized carbons (Fsp3) is 0.667. The van der Waals surface area contributed by atoms with Crippen LogP contribution < -0.4 is 16.0 Å². The monoisotopic (exact) mass is 511 g/mol. The molecule has 3 amide bonds. The SMILES string of the molecule is CC[C@@]1(NC(=O)[C@@H]2C[C@H](N=[N+]=[N-])CN2C(=O)[C@@H](NC(=O)[C@H](C)NC)C(C)(C)C)CCCc2ccccc21. The zero-order valence-corrected chi connectivity index (χ0v) is 22.9. The number of benzene rings is 1. The maximum absolute atomic E-state index is 13.9. The van der Waals surface area contributed by atoms with Crippen LogP contribution in [0, 0.1) is 5.41 Å². The van der Waals surface area contributed by atoms with Crippen molar-refractivity contribution in [1.82, 2.24) is 20.9 Å². The average molecular weight is 512 g/mol. The fourth-order valence-electron chi connectivity index (χ4n) is 5.50. The van der Waals surface area contributed by atoms with E-state index in [0.717, 1.165) is 31.2 Å². The number of hydrogen-bond donors (Lipinski definition) is 3. The van der Waals surface area contributed by atoms with Gasteiger partial charge in [-0.05, 0) is 68.1 Å². The molecule has 202 valence electrons. The summed E-state index contributed by atoms with van der Waals surface area (Å²) in [6.07, 6.45) is 3.70. The van der Waals surface area contributed by atoms with E-state index >= 15 is 0 Å². The second-order valence-corrected chi connectivity index (χ2v) is 11.4. The molecule has 0 bridgehead atoms. The Morgan fingerprint density at radius 2 is 1.97 bits per heavy atom. The number of nitrogens with zero attached hydrogens (tertiary/aromatic N) is 4. The Bertz CT molecular complexity index is 1060. The summed E-state index contributed by atoms with van der Waals surface area (Å²) >= 11 is 0. The summed E-state index contributed by atoms with van der Waals surface area (Å²) in [5.41, 5.74) is 10.3. The minimum atomic E-state index is -0.855. The van der Waals surface area contributed by atoms with Crippen molar-refractivity contribution in [2.45, 2.75) is 96.4 Å². The molecule has 1 aromatic rings. The smallest absolute Gasteiger partial charge is 0.246 e. The summed E-state index contributed by atoms with van der Waals surface area (Å²) in [5, 5.41) is 12.9. The number of likely N-dealkylation sites (N-methyl/N-ethyl adjacent to an activating group) is 1. The summed E-state index contributed by atoms with van der Waals surface area (Å²) in [5.74, 6) is -0.911. The Morgan fingerprint density at radius 3 is 2.59 bits per heavy atom. The number of aryl methyl sites for hydroxylation is 1. The number of likely N-dealkylation sites (tertiary alicyclic amines) is 1. The van der Waals surface area contributed by atoms with Crippen LogP contribution in [0.25, 0.3) is 10.4 Å². The zero-order chi connectivity index (χ0) is 27.4. The Labute approximate surface area is 219 Å². The fourth-order valence-corrected chi connectivity index (χ4v) is 5.50. The molecule has 1 heterocycles. The van der Waals surface area contributed by atoms with Crippen LogP contribution in [-0.2, 0) is 26.3 Å². The van der Waals surface area contributed by atoms with Crippen molar-refractivity contribution in [1.29, 1.82) is 0 Å². The topological polar surface area (TPSA) is 139 Å². The number of nitrogens with one attached hydrogen (secondary N) is 3. The van der Waals surface area contributed by atoms with Crippen molar-refractivity contribution in [2.24, 2.45) is 10.5 Å². The average Bonchev–Trinajstić information content (AvgIpc) is 3.30. The molecule has 10 nitrogen and oxygen atoms in total. The van der Waals surface area contributed by atoms with Gasteiger partial charge in [-0.3, -0.25) is 14.4 Å². The lowest BCUT2D eigenvalue weighted by atomic mass is 9.74. The van der Waals surface area contributed by atoms with Crippen LogP contribution in [0.15, 0.2) is 29.4 Å². The van der Waals surface area contributed by atoms with Crippen molar-refractivity contribution in [3.63, 3.8) is 0 Å². The van der Waals surface area contributed by atoms with Crippen molar-refractivity contribution in [2.75, 3.05) is 13.6 Å². The minimum absolute atomic E-state index is 0.126. The molecule has 0 saturated carbocycles. The van der Waals surface area contributed by atoms with Gasteiger partial charge in [0, 0.05) is 11.5 Å². The van der Waals surface area contributed by atoms with Crippen LogP contribution in [0.2, 0.25) is 0 Å². The molecule has 1 fully saturated rings. The molecule has 1 aromatic carbocycles. The molecular formula is C27H41N7O3. The minimum Gasteiger partial charge on any atom is -0.345 e. The number of amides is 3. The van der Waals surface area contributed by atoms with E-state index < -0.39 is 35.1 Å². The Morgan fingerprint density at radius 1 is 1.27 bits per heavy atom. The lowest BCUT2D eigenvalue weighted by Gasteiger charge is -2.41. The summed E-state index contributed by atoms with van der Waals surface area (Å²) in [7, 11) is 1.68. The lowest BCUT2D eigenvalue weighted by molar-refractivity contribution is -0.144. The molecule has 0 spiro atoms. The van der Waals surface area contributed by atoms with E-state index in [0.29, 0.717) is 0 Å². The van der Waals surface area contributed by atoms with Gasteiger partial charge >= 0.3 is 0 Å². The number of carbonyl (C=O) groups excluding carboxylic acids is 3. The van der Waals surface area contributed by atoms with Gasteiger partial charge in [0.05, 0.1) is 17.6 Å². The van der Waals surface area contributed by atoms with E-state index in [-0.39, 0.29) is 30.7 Å². The first kappa shape index (κ1) is 28.5. The van der Waals surface area contributed by atoms with E-state index in [2.05, 4.69) is 45.0 Å². The van der Waals surface area contributed by atoms with Crippen LogP contribution in [0.5, 0.6) is 0 Å². The van der Waals surface area contributed by atoms with Gasteiger partial charge in [0.1, 0.15) is 12.1 Å². The van der Waals surface area contributed by atoms with Crippen LogP contribution in [0.3, 0.4) is 0 Å². The van der Waals surface area contributed by atoms with Crippen LogP contribution >= 0.6 is 0 Å². The maximum atomic E-state index is 13.9. The first-order chi connectivity index (χ1) is 17.5. The molecule has 3 N–H and O–H groups in total. The Kier molecular flexibility index (Phi) is 8.87. The number of fused-ring (bicyclic) bond motifs is 1. The molecule has 0 aromatic heterocycles. The van der Waals surface area contributed by atoms with Gasteiger partial charge in [-0.25, -0.2) is 0 Å². The molecule has 5 atom stereocenters. The third-order valence-corrected chi connectivity index (χ3v) is 7.85. The second-order valence-electron chi connectivity index (χ2n) is 11.4. The third kappa shape index (κ3) is 6.08.